The highest BCUT2D eigenvalue weighted by atomic mass is 16.5. The predicted molar refractivity (Wildman–Crippen MR) is 50.5 cm³/mol. The lowest BCUT2D eigenvalue weighted by molar-refractivity contribution is -0.130. The normalized spacial score (nSPS) is 10.2. The summed E-state index contributed by atoms with van der Waals surface area (Å²) in [7, 11) is 1.79. The first kappa shape index (κ1) is 10.6. The molecule has 76 valence electrons. The van der Waals surface area contributed by atoms with Gasteiger partial charge >= 0.3 is 0 Å². The fraction of sp³-hybridized carbons (Fsp3) is 0.333. The molecule has 1 heterocycles. The Morgan fingerprint density at radius 1 is 1.71 bits per heavy atom. The van der Waals surface area contributed by atoms with E-state index >= 15 is 0 Å². The van der Waals surface area contributed by atoms with Crippen molar-refractivity contribution in [1.82, 2.24) is 15.4 Å². The Bertz CT molecular complexity index is 289. The van der Waals surface area contributed by atoms with Gasteiger partial charge in [0.25, 0.3) is 5.91 Å². The van der Waals surface area contributed by atoms with Gasteiger partial charge in [-0.25, -0.2) is 5.48 Å². The zero-order valence-corrected chi connectivity index (χ0v) is 7.97. The molecule has 0 atom stereocenters. The summed E-state index contributed by atoms with van der Waals surface area (Å²) < 4.78 is 0. The van der Waals surface area contributed by atoms with Gasteiger partial charge in [-0.05, 0) is 18.7 Å². The van der Waals surface area contributed by atoms with Crippen molar-refractivity contribution in [2.45, 2.75) is 6.54 Å². The summed E-state index contributed by atoms with van der Waals surface area (Å²) in [6.45, 7) is 0.784. The molecule has 0 spiro atoms. The van der Waals surface area contributed by atoms with Gasteiger partial charge in [0.2, 0.25) is 0 Å². The minimum Gasteiger partial charge on any atom is -0.293 e. The van der Waals surface area contributed by atoms with Crippen LogP contribution in [-0.2, 0) is 11.3 Å². The fourth-order valence-corrected chi connectivity index (χ4v) is 1.14. The number of pyridine rings is 1. The number of carbonyl (C=O) groups is 1. The van der Waals surface area contributed by atoms with Crippen LogP contribution in [0.15, 0.2) is 24.5 Å². The molecule has 0 radical (unpaired) electrons. The number of aromatic nitrogens is 1. The Kier molecular flexibility index (Phi) is 4.03. The molecule has 0 saturated carbocycles. The fourth-order valence-electron chi connectivity index (χ4n) is 1.14. The molecule has 0 aliphatic rings. The summed E-state index contributed by atoms with van der Waals surface area (Å²) >= 11 is 0. The average Bonchev–Trinajstić information content (AvgIpc) is 2.19. The van der Waals surface area contributed by atoms with Crippen LogP contribution in [0.3, 0.4) is 0 Å². The van der Waals surface area contributed by atoms with E-state index in [2.05, 4.69) is 4.98 Å². The summed E-state index contributed by atoms with van der Waals surface area (Å²) in [5, 5.41) is 8.31. The first-order chi connectivity index (χ1) is 6.72. The second-order valence-corrected chi connectivity index (χ2v) is 3.07. The molecule has 0 saturated heterocycles. The van der Waals surface area contributed by atoms with Crippen LogP contribution < -0.4 is 5.48 Å². The third kappa shape index (κ3) is 3.51. The number of likely N-dealkylation sites (N-methyl/N-ethyl adjacent to an activating group) is 1. The largest absolute Gasteiger partial charge is 0.293 e. The Morgan fingerprint density at radius 2 is 2.50 bits per heavy atom. The van der Waals surface area contributed by atoms with Crippen molar-refractivity contribution in [2.24, 2.45) is 0 Å². The van der Waals surface area contributed by atoms with Crippen molar-refractivity contribution >= 4 is 5.91 Å². The number of rotatable bonds is 4. The van der Waals surface area contributed by atoms with Gasteiger partial charge in [0.15, 0.2) is 0 Å². The summed E-state index contributed by atoms with van der Waals surface area (Å²) in [4.78, 5) is 16.5. The van der Waals surface area contributed by atoms with E-state index < -0.39 is 5.91 Å². The summed E-state index contributed by atoms with van der Waals surface area (Å²) in [6.07, 6.45) is 3.44. The molecule has 2 N–H and O–H groups in total. The van der Waals surface area contributed by atoms with Gasteiger partial charge in [0.1, 0.15) is 0 Å². The minimum absolute atomic E-state index is 0.158. The molecule has 14 heavy (non-hydrogen) atoms. The zero-order chi connectivity index (χ0) is 10.4. The molecule has 0 fully saturated rings. The highest BCUT2D eigenvalue weighted by molar-refractivity contribution is 5.76. The Labute approximate surface area is 82.3 Å². The van der Waals surface area contributed by atoms with Crippen LogP contribution in [0.2, 0.25) is 0 Å². The van der Waals surface area contributed by atoms with Gasteiger partial charge in [-0.3, -0.25) is 19.9 Å². The van der Waals surface area contributed by atoms with Crippen LogP contribution in [0.4, 0.5) is 0 Å². The number of nitrogens with zero attached hydrogens (tertiary/aromatic N) is 2. The van der Waals surface area contributed by atoms with Crippen LogP contribution in [0.1, 0.15) is 5.56 Å². The van der Waals surface area contributed by atoms with Gasteiger partial charge in [0, 0.05) is 18.9 Å². The van der Waals surface area contributed by atoms with Crippen molar-refractivity contribution < 1.29 is 10.0 Å². The summed E-state index contributed by atoms with van der Waals surface area (Å²) in [5.41, 5.74) is 2.61. The molecule has 0 bridgehead atoms. The Balaban J connectivity index is 2.41. The lowest BCUT2D eigenvalue weighted by atomic mass is 10.3. The molecule has 1 amide bonds. The van der Waals surface area contributed by atoms with Crippen LogP contribution >= 0.6 is 0 Å². The molecular weight excluding hydrogens is 182 g/mol. The number of carbonyl (C=O) groups excluding carboxylic acids is 1. The number of nitrogens with one attached hydrogen (secondary N) is 1. The molecule has 0 aliphatic heterocycles. The maximum atomic E-state index is 10.8. The third-order valence-electron chi connectivity index (χ3n) is 1.71. The Morgan fingerprint density at radius 3 is 3.07 bits per heavy atom. The van der Waals surface area contributed by atoms with Crippen molar-refractivity contribution in [3.8, 4) is 0 Å². The van der Waals surface area contributed by atoms with E-state index in [4.69, 9.17) is 5.21 Å². The number of hydrogen-bond acceptors (Lipinski definition) is 4. The lowest BCUT2D eigenvalue weighted by Gasteiger charge is -2.14. The highest BCUT2D eigenvalue weighted by Gasteiger charge is 2.05. The molecule has 0 aromatic carbocycles. The summed E-state index contributed by atoms with van der Waals surface area (Å²) in [6, 6.07) is 3.77. The summed E-state index contributed by atoms with van der Waals surface area (Å²) in [5.74, 6) is -0.420. The van der Waals surface area contributed by atoms with Crippen molar-refractivity contribution in [3.05, 3.63) is 30.1 Å². The maximum Gasteiger partial charge on any atom is 0.257 e. The standard InChI is InChI=1S/C9H13N3O2/c1-12(7-9(13)11-14)6-8-3-2-4-10-5-8/h2-5,14H,6-7H2,1H3,(H,11,13). The van der Waals surface area contributed by atoms with Gasteiger partial charge in [0.05, 0.1) is 6.54 Å². The molecule has 5 heteroatoms. The second-order valence-electron chi connectivity index (χ2n) is 3.07. The van der Waals surface area contributed by atoms with Crippen LogP contribution in [0.5, 0.6) is 0 Å². The quantitative estimate of drug-likeness (QED) is 0.525. The first-order valence-corrected chi connectivity index (χ1v) is 4.22. The number of amides is 1. The molecule has 0 aliphatic carbocycles. The van der Waals surface area contributed by atoms with E-state index in [-0.39, 0.29) is 6.54 Å². The predicted octanol–water partition coefficient (Wildman–Crippen LogP) is 0.0188. The van der Waals surface area contributed by atoms with Crippen LogP contribution in [0.25, 0.3) is 0 Å². The molecule has 1 aromatic rings. The van der Waals surface area contributed by atoms with Gasteiger partial charge in [-0.1, -0.05) is 6.07 Å². The van der Waals surface area contributed by atoms with Gasteiger partial charge < -0.3 is 0 Å². The smallest absolute Gasteiger partial charge is 0.257 e. The van der Waals surface area contributed by atoms with Crippen LogP contribution in [-0.4, -0.2) is 34.6 Å². The molecule has 0 unspecified atom stereocenters. The SMILES string of the molecule is CN(CC(=O)NO)Cc1cccnc1. The monoisotopic (exact) mass is 195 g/mol. The third-order valence-corrected chi connectivity index (χ3v) is 1.71. The van der Waals surface area contributed by atoms with Crippen molar-refractivity contribution in [1.29, 1.82) is 0 Å². The Hall–Kier alpha value is -1.46. The first-order valence-electron chi connectivity index (χ1n) is 4.22. The molecule has 5 nitrogen and oxygen atoms in total. The van der Waals surface area contributed by atoms with E-state index in [1.807, 2.05) is 12.1 Å². The van der Waals surface area contributed by atoms with Crippen LogP contribution in [0, 0.1) is 0 Å². The number of hydrogen-bond donors (Lipinski definition) is 2. The van der Waals surface area contributed by atoms with E-state index in [1.165, 1.54) is 0 Å². The van der Waals surface area contributed by atoms with Gasteiger partial charge in [-0.2, -0.15) is 0 Å². The van der Waals surface area contributed by atoms with E-state index in [1.54, 1.807) is 29.8 Å². The van der Waals surface area contributed by atoms with Crippen molar-refractivity contribution in [3.63, 3.8) is 0 Å². The lowest BCUT2D eigenvalue weighted by Crippen LogP contribution is -2.32. The molecule has 1 rings (SSSR count). The zero-order valence-electron chi connectivity index (χ0n) is 7.97. The van der Waals surface area contributed by atoms with E-state index in [0.717, 1.165) is 5.56 Å². The number of hydroxylamine groups is 1. The van der Waals surface area contributed by atoms with Crippen molar-refractivity contribution in [2.75, 3.05) is 13.6 Å². The maximum absolute atomic E-state index is 10.8. The average molecular weight is 195 g/mol. The van der Waals surface area contributed by atoms with E-state index in [0.29, 0.717) is 6.54 Å². The second kappa shape index (κ2) is 5.31. The topological polar surface area (TPSA) is 65.5 Å². The van der Waals surface area contributed by atoms with E-state index in [9.17, 15) is 4.79 Å². The molecule has 1 aromatic heterocycles. The minimum atomic E-state index is -0.420. The van der Waals surface area contributed by atoms with Gasteiger partial charge in [-0.15, -0.1) is 0 Å². The highest BCUT2D eigenvalue weighted by Crippen LogP contribution is 1.99. The molecular formula is C9H13N3O2.